The Morgan fingerprint density at radius 2 is 0.439 bits per heavy atom. The van der Waals surface area contributed by atoms with E-state index >= 15 is 0 Å². The molecular weight excluding hydrogens is 794 g/mol. The van der Waals surface area contributed by atoms with Crippen molar-refractivity contribution in [2.75, 3.05) is 0 Å². The lowest BCUT2D eigenvalue weighted by molar-refractivity contribution is -0.539. The van der Waals surface area contributed by atoms with Gasteiger partial charge in [-0.3, -0.25) is 0 Å². The normalized spacial score (nSPS) is 14.3. The zero-order valence-electron chi connectivity index (χ0n) is 36.1. The highest BCUT2D eigenvalue weighted by Gasteiger charge is 2.53. The average Bonchev–Trinajstić information content (AvgIpc) is 3.39. The van der Waals surface area contributed by atoms with Crippen molar-refractivity contribution >= 4 is 88.4 Å². The fraction of sp³-hybridized carbons (Fsp3) is 0. The minimum atomic E-state index is -1.41. The molecule has 0 saturated carbocycles. The van der Waals surface area contributed by atoms with Gasteiger partial charge in [0.05, 0.1) is 0 Å². The first kappa shape index (κ1) is 36.1. The maximum absolute atomic E-state index is 2.50. The number of rotatable bonds is 2. The van der Waals surface area contributed by atoms with Crippen molar-refractivity contribution < 1.29 is 8.96 Å². The summed E-state index contributed by atoms with van der Waals surface area (Å²) < 4.78 is 5.00. The van der Waals surface area contributed by atoms with Gasteiger partial charge in [0.25, 0.3) is 0 Å². The van der Waals surface area contributed by atoms with Crippen molar-refractivity contribution in [3.63, 3.8) is 0 Å². The topological polar surface area (TPSA) is 7.76 Å². The molecule has 4 aliphatic heterocycles. The van der Waals surface area contributed by atoms with Crippen LogP contribution in [0.15, 0.2) is 243 Å². The fourth-order valence-electron chi connectivity index (χ4n) is 14.0. The van der Waals surface area contributed by atoms with Crippen LogP contribution in [0.1, 0.15) is 0 Å². The van der Waals surface area contributed by atoms with Gasteiger partial charge in [0, 0.05) is 0 Å². The Labute approximate surface area is 383 Å². The van der Waals surface area contributed by atoms with E-state index in [0.717, 1.165) is 0 Å². The molecule has 0 radical (unpaired) electrons. The molecule has 10 aromatic carbocycles. The van der Waals surface area contributed by atoms with Crippen molar-refractivity contribution in [2.45, 2.75) is 0 Å². The number of hydrogen-bond acceptors (Lipinski definition) is 0. The summed E-state index contributed by atoms with van der Waals surface area (Å²) in [5.41, 5.74) is 19.4. The van der Waals surface area contributed by atoms with Crippen LogP contribution < -0.4 is 41.7 Å². The van der Waals surface area contributed by atoms with E-state index in [9.17, 15) is 0 Å². The predicted octanol–water partition coefficient (Wildman–Crippen LogP) is 9.51. The van der Waals surface area contributed by atoms with Gasteiger partial charge in [0.15, 0.2) is 0 Å². The first-order valence-corrected chi connectivity index (χ1v) is 23.4. The Kier molecular flexibility index (Phi) is 7.17. The molecule has 4 aliphatic rings. The van der Waals surface area contributed by atoms with Crippen LogP contribution >= 0.6 is 0 Å². The molecule has 0 atom stereocenters. The molecule has 66 heavy (non-hydrogen) atoms. The fourth-order valence-corrected chi connectivity index (χ4v) is 14.0. The van der Waals surface area contributed by atoms with E-state index in [0.29, 0.717) is 0 Å². The van der Waals surface area contributed by atoms with E-state index in [-0.39, 0.29) is 0 Å². The molecule has 2 aromatic heterocycles. The summed E-state index contributed by atoms with van der Waals surface area (Å²) >= 11 is 0. The standard InChI is InChI=1S/2C31H20BN/c2*1-2-19-33(20-3-1)32-27-17-6-11-21-9-4-13-23(29(21)27)25-15-8-16-26(31(25)32)24-14-5-10-22-12-7-18-28(32)30(22)24/h2*1-20H. The van der Waals surface area contributed by atoms with Crippen LogP contribution in [0.4, 0.5) is 0 Å². The average molecular weight is 835 g/mol. The minimum Gasteiger partial charge on any atom is -0.415 e. The summed E-state index contributed by atoms with van der Waals surface area (Å²) in [5.74, 6) is 0. The second-order valence-electron chi connectivity index (χ2n) is 18.8. The molecular formula is C62H40B2N2. The maximum Gasteiger partial charge on any atom is 0.362 e. The van der Waals surface area contributed by atoms with E-state index in [2.05, 4.69) is 252 Å². The minimum absolute atomic E-state index is 1.31. The second kappa shape index (κ2) is 13.1. The smallest absolute Gasteiger partial charge is 0.362 e. The van der Waals surface area contributed by atoms with Gasteiger partial charge < -0.3 is 8.96 Å². The van der Waals surface area contributed by atoms with E-state index in [4.69, 9.17) is 0 Å². The lowest BCUT2D eigenvalue weighted by Crippen LogP contribution is -2.86. The second-order valence-corrected chi connectivity index (χ2v) is 18.8. The van der Waals surface area contributed by atoms with Gasteiger partial charge in [-0.25, -0.2) is 0 Å². The largest absolute Gasteiger partial charge is 0.415 e. The van der Waals surface area contributed by atoms with Crippen molar-refractivity contribution in [3.8, 4) is 44.5 Å². The molecule has 0 aliphatic carbocycles. The molecule has 16 rings (SSSR count). The third-order valence-corrected chi connectivity index (χ3v) is 16.1. The van der Waals surface area contributed by atoms with Crippen LogP contribution in [-0.4, -0.2) is 12.6 Å². The van der Waals surface area contributed by atoms with Crippen molar-refractivity contribution in [1.82, 2.24) is 0 Å². The Morgan fingerprint density at radius 3 is 0.712 bits per heavy atom. The molecule has 304 valence electrons. The molecule has 0 unspecified atom stereocenters. The van der Waals surface area contributed by atoms with E-state index < -0.39 is 12.6 Å². The molecule has 0 amide bonds. The SMILES string of the molecule is c1cc[n+]([B-]23c4c(cccc4-c4cccc5cccc2c45)-c2cccc4cccc3c24)cc1.c1cc[n+]([B-]23c4c(cccc4-c4cccc5cccc2c45)-c2cccc4cccc3c24)cc1. The predicted molar refractivity (Wildman–Crippen MR) is 278 cm³/mol. The molecule has 2 nitrogen and oxygen atoms in total. The van der Waals surface area contributed by atoms with Gasteiger partial charge in [-0.1, -0.05) is 194 Å². The van der Waals surface area contributed by atoms with Crippen LogP contribution in [0.3, 0.4) is 0 Å². The molecule has 0 fully saturated rings. The van der Waals surface area contributed by atoms with Crippen molar-refractivity contribution in [3.05, 3.63) is 243 Å². The highest BCUT2D eigenvalue weighted by Crippen LogP contribution is 2.42. The van der Waals surface area contributed by atoms with Crippen LogP contribution in [0.25, 0.3) is 87.6 Å². The monoisotopic (exact) mass is 834 g/mol. The molecule has 0 saturated heterocycles. The zero-order chi connectivity index (χ0) is 43.1. The molecule has 12 aromatic rings. The first-order chi connectivity index (χ1) is 32.8. The number of nitrogens with zero attached hydrogens (tertiary/aromatic N) is 2. The molecule has 0 spiro atoms. The number of hydrogen-bond donors (Lipinski definition) is 0. The van der Waals surface area contributed by atoms with Gasteiger partial charge in [0.1, 0.15) is 24.8 Å². The summed E-state index contributed by atoms with van der Waals surface area (Å²) in [6.45, 7) is 0. The summed E-state index contributed by atoms with van der Waals surface area (Å²) in [4.78, 5) is 0. The van der Waals surface area contributed by atoms with E-state index in [1.165, 1.54) is 120 Å². The van der Waals surface area contributed by atoms with Crippen molar-refractivity contribution in [1.29, 1.82) is 0 Å². The number of benzene rings is 10. The van der Waals surface area contributed by atoms with Gasteiger partial charge in [-0.15, -0.1) is 32.8 Å². The first-order valence-electron chi connectivity index (χ1n) is 23.4. The van der Waals surface area contributed by atoms with Gasteiger partial charge in [-0.2, -0.15) is 0 Å². The van der Waals surface area contributed by atoms with Crippen LogP contribution in [0.5, 0.6) is 0 Å². The molecule has 6 heterocycles. The third-order valence-electron chi connectivity index (χ3n) is 16.1. The number of pyridine rings is 2. The Morgan fingerprint density at radius 1 is 0.212 bits per heavy atom. The van der Waals surface area contributed by atoms with E-state index in [1.54, 1.807) is 0 Å². The summed E-state index contributed by atoms with van der Waals surface area (Å²) in [6, 6.07) is 81.2. The Balaban J connectivity index is 0.000000121. The van der Waals surface area contributed by atoms with Gasteiger partial charge in [0.2, 0.25) is 0 Å². The summed E-state index contributed by atoms with van der Waals surface area (Å²) in [5, 5.41) is 10.8. The Bertz CT molecular complexity index is 3570. The molecule has 0 bridgehead atoms. The third kappa shape index (κ3) is 4.35. The van der Waals surface area contributed by atoms with Crippen LogP contribution in [-0.2, 0) is 0 Å². The quantitative estimate of drug-likeness (QED) is 0.154. The molecule has 0 N–H and O–H groups in total. The lowest BCUT2D eigenvalue weighted by atomic mass is 9.19. The number of aromatic nitrogens is 2. The lowest BCUT2D eigenvalue weighted by Gasteiger charge is -2.46. The van der Waals surface area contributed by atoms with Crippen LogP contribution in [0, 0.1) is 0 Å². The maximum atomic E-state index is 2.50. The highest BCUT2D eigenvalue weighted by atomic mass is 14.9. The van der Waals surface area contributed by atoms with Gasteiger partial charge in [-0.05, 0) is 112 Å². The summed E-state index contributed by atoms with van der Waals surface area (Å²) in [7, 11) is 0. The highest BCUT2D eigenvalue weighted by molar-refractivity contribution is 7.11. The van der Waals surface area contributed by atoms with Crippen molar-refractivity contribution in [2.24, 2.45) is 0 Å². The van der Waals surface area contributed by atoms with Crippen LogP contribution in [0.2, 0.25) is 0 Å². The van der Waals surface area contributed by atoms with Gasteiger partial charge >= 0.3 is 12.6 Å². The Hall–Kier alpha value is -8.33. The zero-order valence-corrected chi connectivity index (χ0v) is 36.1. The number of fused-ring (bicyclic) bond motifs is 8. The van der Waals surface area contributed by atoms with E-state index in [1.807, 2.05) is 0 Å². The summed E-state index contributed by atoms with van der Waals surface area (Å²) in [6.07, 6.45) is 6.24. The molecule has 4 heteroatoms.